The van der Waals surface area contributed by atoms with Gasteiger partial charge in [-0.05, 0) is 6.92 Å². The van der Waals surface area contributed by atoms with E-state index >= 15 is 0 Å². The Morgan fingerprint density at radius 1 is 1.78 bits per heavy atom. The predicted molar refractivity (Wildman–Crippen MR) is 34.3 cm³/mol. The number of rotatable bonds is 2. The molecule has 0 heterocycles. The first kappa shape index (κ1) is 16.3. The number of aldehydes is 1. The third kappa shape index (κ3) is 12.0. The van der Waals surface area contributed by atoms with Gasteiger partial charge in [-0.15, -0.1) is 0 Å². The van der Waals surface area contributed by atoms with Crippen LogP contribution in [0.15, 0.2) is 0 Å². The SMILES string of the molecule is CCOC(=O)C=O.O.[Ba+2].[H-].[H-]. The van der Waals surface area contributed by atoms with E-state index in [0.717, 1.165) is 0 Å². The van der Waals surface area contributed by atoms with Gasteiger partial charge in [-0.1, -0.05) is 0 Å². The molecule has 0 atom stereocenters. The summed E-state index contributed by atoms with van der Waals surface area (Å²) in [6.07, 6.45) is 0.142. The molecule has 2 N–H and O–H groups in total. The second kappa shape index (κ2) is 11.5. The number of carbonyl (C=O) groups is 2. The van der Waals surface area contributed by atoms with Gasteiger partial charge in [0.1, 0.15) is 0 Å². The molecule has 0 aromatic heterocycles. The van der Waals surface area contributed by atoms with Gasteiger partial charge in [0, 0.05) is 0 Å². The zero-order valence-corrected chi connectivity index (χ0v) is 9.66. The van der Waals surface area contributed by atoms with Crippen molar-refractivity contribution in [1.82, 2.24) is 0 Å². The third-order valence-electron chi connectivity index (χ3n) is 0.383. The first-order valence-electron chi connectivity index (χ1n) is 1.93. The van der Waals surface area contributed by atoms with Crippen LogP contribution in [-0.4, -0.2) is 73.2 Å². The van der Waals surface area contributed by atoms with Crippen molar-refractivity contribution in [2.24, 2.45) is 0 Å². The standard InChI is InChI=1S/C4H6O3.Ba.H2O.2H/c1-2-7-4(6)3-5;;;;/h3H,2H2,1H3;;1H2;;/q;+2;;2*-1. The number of hydrogen-bond donors (Lipinski definition) is 0. The first-order chi connectivity index (χ1) is 3.31. The zero-order valence-electron chi connectivity index (χ0n) is 7.22. The van der Waals surface area contributed by atoms with Crippen molar-refractivity contribution >= 4 is 61.1 Å². The normalized spacial score (nSPS) is 5.89. The van der Waals surface area contributed by atoms with E-state index in [2.05, 4.69) is 4.74 Å². The van der Waals surface area contributed by atoms with Crippen LogP contribution in [0.3, 0.4) is 0 Å². The Morgan fingerprint density at radius 3 is 2.33 bits per heavy atom. The Kier molecular flexibility index (Phi) is 20.8. The third-order valence-corrected chi connectivity index (χ3v) is 0.383. The smallest absolute Gasteiger partial charge is 1.00 e. The molecule has 0 rings (SSSR count). The molecule has 0 unspecified atom stereocenters. The molecule has 0 fully saturated rings. The van der Waals surface area contributed by atoms with E-state index in [-0.39, 0.29) is 70.1 Å². The van der Waals surface area contributed by atoms with E-state index in [1.807, 2.05) is 0 Å². The molecule has 9 heavy (non-hydrogen) atoms. The summed E-state index contributed by atoms with van der Waals surface area (Å²) in [5, 5.41) is 0. The average molecular weight is 259 g/mol. The Hall–Kier alpha value is 0.671. The largest absolute Gasteiger partial charge is 2.00 e. The van der Waals surface area contributed by atoms with E-state index in [0.29, 0.717) is 0 Å². The fourth-order valence-corrected chi connectivity index (χ4v) is 0.176. The number of carbonyl (C=O) groups excluding carboxylic acids is 2. The van der Waals surface area contributed by atoms with E-state index in [1.54, 1.807) is 6.92 Å². The van der Waals surface area contributed by atoms with Crippen molar-refractivity contribution < 1.29 is 22.7 Å². The molecular formula is C4H10BaO4. The van der Waals surface area contributed by atoms with E-state index < -0.39 is 5.97 Å². The molecule has 4 nitrogen and oxygen atoms in total. The Labute approximate surface area is 96.3 Å². The maximum atomic E-state index is 9.82. The number of ether oxygens (including phenoxy) is 1. The van der Waals surface area contributed by atoms with Crippen LogP contribution in [-0.2, 0) is 14.3 Å². The summed E-state index contributed by atoms with van der Waals surface area (Å²) in [6, 6.07) is 0. The van der Waals surface area contributed by atoms with Gasteiger partial charge in [-0.3, -0.25) is 4.79 Å². The Bertz CT molecular complexity index is 90.2. The summed E-state index contributed by atoms with van der Waals surface area (Å²) in [4.78, 5) is 19.2. The maximum absolute atomic E-state index is 9.82. The minimum absolute atomic E-state index is 0. The summed E-state index contributed by atoms with van der Waals surface area (Å²) < 4.78 is 4.18. The van der Waals surface area contributed by atoms with Crippen LogP contribution in [0.4, 0.5) is 0 Å². The van der Waals surface area contributed by atoms with E-state index in [9.17, 15) is 9.59 Å². The topological polar surface area (TPSA) is 74.9 Å². The minimum Gasteiger partial charge on any atom is -1.00 e. The Balaban J connectivity index is -0.0000000300. The van der Waals surface area contributed by atoms with Gasteiger partial charge in [0.15, 0.2) is 0 Å². The molecule has 0 aliphatic rings. The summed E-state index contributed by atoms with van der Waals surface area (Å²) in [5.41, 5.74) is 0. The molecule has 0 radical (unpaired) electrons. The summed E-state index contributed by atoms with van der Waals surface area (Å²) in [5.74, 6) is -0.803. The Morgan fingerprint density at radius 2 is 2.22 bits per heavy atom. The summed E-state index contributed by atoms with van der Waals surface area (Å²) in [7, 11) is 0. The van der Waals surface area contributed by atoms with Gasteiger partial charge >= 0.3 is 54.9 Å². The summed E-state index contributed by atoms with van der Waals surface area (Å²) in [6.45, 7) is 1.90. The van der Waals surface area contributed by atoms with Gasteiger partial charge < -0.3 is 13.1 Å². The fourth-order valence-electron chi connectivity index (χ4n) is 0.176. The van der Waals surface area contributed by atoms with Crippen molar-refractivity contribution in [1.29, 1.82) is 0 Å². The molecule has 52 valence electrons. The molecular weight excluding hydrogens is 249 g/mol. The van der Waals surface area contributed by atoms with Crippen molar-refractivity contribution in [2.75, 3.05) is 6.61 Å². The van der Waals surface area contributed by atoms with Crippen LogP contribution in [0, 0.1) is 0 Å². The van der Waals surface area contributed by atoms with Gasteiger partial charge in [-0.25, -0.2) is 4.79 Å². The molecule has 0 aliphatic carbocycles. The quantitative estimate of drug-likeness (QED) is 0.270. The second-order valence-electron chi connectivity index (χ2n) is 0.870. The van der Waals surface area contributed by atoms with Crippen LogP contribution < -0.4 is 0 Å². The van der Waals surface area contributed by atoms with Crippen molar-refractivity contribution in [3.63, 3.8) is 0 Å². The van der Waals surface area contributed by atoms with E-state index in [1.165, 1.54) is 0 Å². The molecule has 0 spiro atoms. The minimum atomic E-state index is -0.803. The van der Waals surface area contributed by atoms with Crippen LogP contribution in [0.1, 0.15) is 9.78 Å². The molecule has 0 amide bonds. The van der Waals surface area contributed by atoms with Crippen LogP contribution in [0.2, 0.25) is 0 Å². The molecule has 5 heteroatoms. The average Bonchev–Trinajstić information content (AvgIpc) is 1.68. The second-order valence-corrected chi connectivity index (χ2v) is 0.870. The van der Waals surface area contributed by atoms with E-state index in [4.69, 9.17) is 0 Å². The number of hydrogen-bond acceptors (Lipinski definition) is 3. The van der Waals surface area contributed by atoms with Crippen molar-refractivity contribution in [3.8, 4) is 0 Å². The van der Waals surface area contributed by atoms with Crippen molar-refractivity contribution in [3.05, 3.63) is 0 Å². The van der Waals surface area contributed by atoms with Gasteiger partial charge in [0.25, 0.3) is 0 Å². The maximum Gasteiger partial charge on any atom is 2.00 e. The summed E-state index contributed by atoms with van der Waals surface area (Å²) >= 11 is 0. The molecule has 0 bridgehead atoms. The molecule has 0 aromatic carbocycles. The van der Waals surface area contributed by atoms with Crippen molar-refractivity contribution in [2.45, 2.75) is 6.92 Å². The molecule has 0 aromatic rings. The van der Waals surface area contributed by atoms with Gasteiger partial charge in [-0.2, -0.15) is 0 Å². The van der Waals surface area contributed by atoms with Gasteiger partial charge in [0.2, 0.25) is 6.29 Å². The molecule has 0 aliphatic heterocycles. The zero-order chi connectivity index (χ0) is 5.70. The fraction of sp³-hybridized carbons (Fsp3) is 0.500. The van der Waals surface area contributed by atoms with Crippen LogP contribution >= 0.6 is 0 Å². The predicted octanol–water partition coefficient (Wildman–Crippen LogP) is -1.23. The van der Waals surface area contributed by atoms with Crippen LogP contribution in [0.5, 0.6) is 0 Å². The monoisotopic (exact) mass is 260 g/mol. The first-order valence-corrected chi connectivity index (χ1v) is 1.93. The van der Waals surface area contributed by atoms with Gasteiger partial charge in [0.05, 0.1) is 6.61 Å². The molecule has 0 saturated carbocycles. The van der Waals surface area contributed by atoms with Crippen LogP contribution in [0.25, 0.3) is 0 Å². The molecule has 0 saturated heterocycles. The number of esters is 1.